The molecule has 2 N–H and O–H groups in total. The van der Waals surface area contributed by atoms with Crippen molar-refractivity contribution in [3.8, 4) is 34.3 Å². The van der Waals surface area contributed by atoms with E-state index in [1.807, 2.05) is 18.2 Å². The van der Waals surface area contributed by atoms with E-state index in [0.29, 0.717) is 59.3 Å². The number of nitrogens with zero attached hydrogens (tertiary/aromatic N) is 2. The van der Waals surface area contributed by atoms with E-state index in [2.05, 4.69) is 10.2 Å². The molecular formula is C24H27N3O6. The van der Waals surface area contributed by atoms with E-state index >= 15 is 0 Å². The molecule has 3 aromatic rings. The van der Waals surface area contributed by atoms with Crippen molar-refractivity contribution in [3.63, 3.8) is 0 Å². The fourth-order valence-corrected chi connectivity index (χ4v) is 4.29. The van der Waals surface area contributed by atoms with Crippen LogP contribution in [0.15, 0.2) is 36.4 Å². The van der Waals surface area contributed by atoms with Gasteiger partial charge in [0.25, 0.3) is 5.91 Å². The third-order valence-electron chi connectivity index (χ3n) is 5.77. The molecule has 33 heavy (non-hydrogen) atoms. The summed E-state index contributed by atoms with van der Waals surface area (Å²) in [6.07, 6.45) is 0.660. The van der Waals surface area contributed by atoms with Crippen molar-refractivity contribution in [1.29, 1.82) is 0 Å². The number of methoxy groups -OCH3 is 4. The number of benzene rings is 2. The molecule has 9 heteroatoms. The average Bonchev–Trinajstić information content (AvgIpc) is 3.37. The van der Waals surface area contributed by atoms with Crippen LogP contribution in [0.4, 0.5) is 0 Å². The number of aromatic hydroxyl groups is 1. The summed E-state index contributed by atoms with van der Waals surface area (Å²) in [5, 5.41) is 17.8. The number of hydrogen-bond donors (Lipinski definition) is 2. The number of aromatic amines is 1. The molecule has 174 valence electrons. The quantitative estimate of drug-likeness (QED) is 0.478. The van der Waals surface area contributed by atoms with Crippen LogP contribution in [0.3, 0.4) is 0 Å². The van der Waals surface area contributed by atoms with Crippen LogP contribution in [-0.4, -0.2) is 67.7 Å². The first-order valence-corrected chi connectivity index (χ1v) is 10.5. The van der Waals surface area contributed by atoms with Gasteiger partial charge in [-0.25, -0.2) is 0 Å². The Morgan fingerprint density at radius 1 is 1.06 bits per heavy atom. The lowest BCUT2D eigenvalue weighted by molar-refractivity contribution is 0.0723. The third kappa shape index (κ3) is 3.84. The lowest BCUT2D eigenvalue weighted by Gasteiger charge is -2.27. The number of H-pyrrole nitrogens is 1. The first-order chi connectivity index (χ1) is 16.0. The summed E-state index contributed by atoms with van der Waals surface area (Å²) in [6.45, 7) is 0.987. The number of ether oxygens (including phenoxy) is 4. The first-order valence-electron chi connectivity index (χ1n) is 10.5. The molecule has 9 nitrogen and oxygen atoms in total. The Kier molecular flexibility index (Phi) is 6.41. The summed E-state index contributed by atoms with van der Waals surface area (Å²) in [6, 6.07) is 10.1. The number of carbonyl (C=O) groups is 1. The molecule has 1 aliphatic heterocycles. The molecule has 0 spiro atoms. The zero-order chi connectivity index (χ0) is 23.5. The molecule has 0 unspecified atom stereocenters. The van der Waals surface area contributed by atoms with E-state index < -0.39 is 6.04 Å². The summed E-state index contributed by atoms with van der Waals surface area (Å²) in [5.41, 5.74) is 2.91. The van der Waals surface area contributed by atoms with Gasteiger partial charge in [0.2, 0.25) is 5.75 Å². The Morgan fingerprint density at radius 2 is 1.76 bits per heavy atom. The van der Waals surface area contributed by atoms with E-state index in [0.717, 1.165) is 5.56 Å². The smallest absolute Gasteiger partial charge is 0.273 e. The highest BCUT2D eigenvalue weighted by Gasteiger charge is 2.42. The standard InChI is InChI=1S/C24H27N3O6/c1-30-11-7-10-27-22(14-12-17(31-2)23(33-4)18(13-14)32-3)19-20(25-26-21(19)24(27)29)15-8-5-6-9-16(15)28/h5-6,8-9,12-13,22,28H,7,10-11H2,1-4H3,(H,25,26)/t22-/m1/s1. The van der Waals surface area contributed by atoms with E-state index in [1.165, 1.54) is 0 Å². The molecule has 1 atom stereocenters. The highest BCUT2D eigenvalue weighted by atomic mass is 16.5. The van der Waals surface area contributed by atoms with Crippen molar-refractivity contribution in [2.24, 2.45) is 0 Å². The number of amides is 1. The van der Waals surface area contributed by atoms with Crippen molar-refractivity contribution in [1.82, 2.24) is 15.1 Å². The zero-order valence-electron chi connectivity index (χ0n) is 19.0. The minimum atomic E-state index is -0.480. The van der Waals surface area contributed by atoms with E-state index in [1.54, 1.807) is 51.5 Å². The summed E-state index contributed by atoms with van der Waals surface area (Å²) < 4.78 is 21.8. The normalized spacial score (nSPS) is 15.0. The number of carbonyl (C=O) groups excluding carboxylic acids is 1. The maximum Gasteiger partial charge on any atom is 0.273 e. The van der Waals surface area contributed by atoms with Gasteiger partial charge in [0.1, 0.15) is 17.1 Å². The Hall–Kier alpha value is -3.72. The van der Waals surface area contributed by atoms with Crippen LogP contribution in [0.25, 0.3) is 11.3 Å². The zero-order valence-corrected chi connectivity index (χ0v) is 19.0. The second-order valence-electron chi connectivity index (χ2n) is 7.58. The third-order valence-corrected chi connectivity index (χ3v) is 5.77. The van der Waals surface area contributed by atoms with Crippen molar-refractivity contribution in [2.75, 3.05) is 41.6 Å². The van der Waals surface area contributed by atoms with Crippen molar-refractivity contribution >= 4 is 5.91 Å². The number of para-hydroxylation sites is 1. The summed E-state index contributed by atoms with van der Waals surface area (Å²) in [7, 11) is 6.27. The molecule has 0 bridgehead atoms. The van der Waals surface area contributed by atoms with E-state index in [9.17, 15) is 9.90 Å². The minimum Gasteiger partial charge on any atom is -0.507 e. The lowest BCUT2D eigenvalue weighted by Crippen LogP contribution is -2.31. The molecule has 2 heterocycles. The van der Waals surface area contributed by atoms with Gasteiger partial charge >= 0.3 is 0 Å². The van der Waals surface area contributed by atoms with E-state index in [4.69, 9.17) is 18.9 Å². The minimum absolute atomic E-state index is 0.0840. The summed E-state index contributed by atoms with van der Waals surface area (Å²) >= 11 is 0. The van der Waals surface area contributed by atoms with Crippen LogP contribution in [0.5, 0.6) is 23.0 Å². The number of hydrogen-bond acceptors (Lipinski definition) is 7. The fraction of sp³-hybridized carbons (Fsp3) is 0.333. The van der Waals surface area contributed by atoms with Gasteiger partial charge in [-0.15, -0.1) is 0 Å². The predicted molar refractivity (Wildman–Crippen MR) is 121 cm³/mol. The molecule has 1 aromatic heterocycles. The highest BCUT2D eigenvalue weighted by Crippen LogP contribution is 2.48. The molecule has 1 aliphatic rings. The Bertz CT molecular complexity index is 1130. The SMILES string of the molecule is COCCCN1C(=O)c2[nH]nc(-c3ccccc3O)c2[C@H]1c1cc(OC)c(OC)c(OC)c1. The van der Waals surface area contributed by atoms with Crippen LogP contribution >= 0.6 is 0 Å². The topological polar surface area (TPSA) is 106 Å². The van der Waals surface area contributed by atoms with Gasteiger partial charge < -0.3 is 29.0 Å². The maximum absolute atomic E-state index is 13.4. The van der Waals surface area contributed by atoms with Crippen molar-refractivity contribution in [3.05, 3.63) is 53.2 Å². The molecule has 1 amide bonds. The average molecular weight is 453 g/mol. The Balaban J connectivity index is 1.91. The van der Waals surface area contributed by atoms with Crippen molar-refractivity contribution < 1.29 is 28.8 Å². The summed E-state index contributed by atoms with van der Waals surface area (Å²) in [4.78, 5) is 15.2. The maximum atomic E-state index is 13.4. The van der Waals surface area contributed by atoms with Gasteiger partial charge in [0, 0.05) is 31.4 Å². The molecule has 0 saturated carbocycles. The number of phenols is 1. The van der Waals surface area contributed by atoms with Gasteiger partial charge in [-0.3, -0.25) is 9.89 Å². The van der Waals surface area contributed by atoms with Gasteiger partial charge in [0.15, 0.2) is 11.5 Å². The van der Waals surface area contributed by atoms with Crippen LogP contribution < -0.4 is 14.2 Å². The largest absolute Gasteiger partial charge is 0.507 e. The van der Waals surface area contributed by atoms with Crippen molar-refractivity contribution in [2.45, 2.75) is 12.5 Å². The molecule has 4 rings (SSSR count). The van der Waals surface area contributed by atoms with Crippen LogP contribution in [0, 0.1) is 0 Å². The molecule has 0 radical (unpaired) electrons. The second-order valence-corrected chi connectivity index (χ2v) is 7.58. The van der Waals surface area contributed by atoms with E-state index in [-0.39, 0.29) is 11.7 Å². The number of rotatable bonds is 9. The summed E-state index contributed by atoms with van der Waals surface area (Å²) in [5.74, 6) is 1.34. The van der Waals surface area contributed by atoms with Crippen LogP contribution in [-0.2, 0) is 4.74 Å². The van der Waals surface area contributed by atoms with Crippen LogP contribution in [0.1, 0.15) is 34.1 Å². The second kappa shape index (κ2) is 9.41. The lowest BCUT2D eigenvalue weighted by atomic mass is 9.95. The van der Waals surface area contributed by atoms with Gasteiger partial charge in [-0.05, 0) is 36.2 Å². The number of fused-ring (bicyclic) bond motifs is 1. The first kappa shape index (κ1) is 22.5. The molecular weight excluding hydrogens is 426 g/mol. The van der Waals surface area contributed by atoms with Gasteiger partial charge in [0.05, 0.1) is 27.4 Å². The number of phenolic OH excluding ortho intramolecular Hbond substituents is 1. The molecule has 0 fully saturated rings. The monoisotopic (exact) mass is 453 g/mol. The molecule has 2 aromatic carbocycles. The Labute approximate surface area is 191 Å². The fourth-order valence-electron chi connectivity index (χ4n) is 4.29. The Morgan fingerprint density at radius 3 is 2.36 bits per heavy atom. The van der Waals surface area contributed by atoms with Crippen LogP contribution in [0.2, 0.25) is 0 Å². The number of aromatic nitrogens is 2. The van der Waals surface area contributed by atoms with Gasteiger partial charge in [-0.1, -0.05) is 12.1 Å². The van der Waals surface area contributed by atoms with Gasteiger partial charge in [-0.2, -0.15) is 5.10 Å². The predicted octanol–water partition coefficient (Wildman–Crippen LogP) is 3.39. The highest BCUT2D eigenvalue weighted by molar-refractivity contribution is 6.00. The number of nitrogens with one attached hydrogen (secondary N) is 1. The molecule has 0 saturated heterocycles. The molecule has 0 aliphatic carbocycles.